The molecule has 1 unspecified atom stereocenters. The molecule has 6 nitrogen and oxygen atoms in total. The van der Waals surface area contributed by atoms with Crippen LogP contribution in [-0.2, 0) is 14.3 Å². The first kappa shape index (κ1) is 18.6. The Labute approximate surface area is 151 Å². The van der Waals surface area contributed by atoms with Gasteiger partial charge in [-0.1, -0.05) is 12.8 Å². The zero-order chi connectivity index (χ0) is 17.5. The number of nitrogens with one attached hydrogen (secondary N) is 1. The van der Waals surface area contributed by atoms with Crippen molar-refractivity contribution in [1.29, 1.82) is 0 Å². The van der Waals surface area contributed by atoms with Crippen molar-refractivity contribution < 1.29 is 14.3 Å². The Morgan fingerprint density at radius 1 is 0.920 bits per heavy atom. The monoisotopic (exact) mass is 351 g/mol. The van der Waals surface area contributed by atoms with Gasteiger partial charge in [0.05, 0.1) is 12.5 Å². The molecule has 142 valence electrons. The summed E-state index contributed by atoms with van der Waals surface area (Å²) >= 11 is 0. The van der Waals surface area contributed by atoms with E-state index in [0.717, 1.165) is 71.4 Å². The van der Waals surface area contributed by atoms with Crippen molar-refractivity contribution in [3.63, 3.8) is 0 Å². The van der Waals surface area contributed by atoms with Crippen LogP contribution in [0.1, 0.15) is 51.4 Å². The smallest absolute Gasteiger partial charge is 0.236 e. The summed E-state index contributed by atoms with van der Waals surface area (Å²) in [5, 5.41) is 3.19. The highest BCUT2D eigenvalue weighted by molar-refractivity contribution is 5.80. The van der Waals surface area contributed by atoms with Crippen LogP contribution < -0.4 is 5.32 Å². The Morgan fingerprint density at radius 3 is 2.36 bits per heavy atom. The third-order valence-electron chi connectivity index (χ3n) is 5.76. The molecule has 0 aromatic rings. The fraction of sp³-hybridized carbons (Fsp3) is 0.895. The molecule has 3 fully saturated rings. The van der Waals surface area contributed by atoms with Crippen LogP contribution in [0.15, 0.2) is 0 Å². The molecule has 3 saturated heterocycles. The lowest BCUT2D eigenvalue weighted by atomic mass is 9.96. The third kappa shape index (κ3) is 5.68. The molecule has 3 aliphatic rings. The van der Waals surface area contributed by atoms with Gasteiger partial charge in [-0.05, 0) is 45.1 Å². The molecule has 0 bridgehead atoms. The van der Waals surface area contributed by atoms with E-state index in [1.54, 1.807) is 0 Å². The largest absolute Gasteiger partial charge is 0.381 e. The van der Waals surface area contributed by atoms with Crippen LogP contribution in [0, 0.1) is 5.92 Å². The van der Waals surface area contributed by atoms with Gasteiger partial charge in [0.1, 0.15) is 0 Å². The van der Waals surface area contributed by atoms with E-state index in [2.05, 4.69) is 10.2 Å². The van der Waals surface area contributed by atoms with Crippen LogP contribution in [0.4, 0.5) is 0 Å². The van der Waals surface area contributed by atoms with E-state index in [-0.39, 0.29) is 23.8 Å². The van der Waals surface area contributed by atoms with Crippen LogP contribution in [0.5, 0.6) is 0 Å². The number of rotatable bonds is 4. The minimum absolute atomic E-state index is 0.0218. The summed E-state index contributed by atoms with van der Waals surface area (Å²) in [6.45, 7) is 5.41. The van der Waals surface area contributed by atoms with Gasteiger partial charge in [-0.15, -0.1) is 0 Å². The molecule has 6 heteroatoms. The Morgan fingerprint density at radius 2 is 1.64 bits per heavy atom. The van der Waals surface area contributed by atoms with Gasteiger partial charge < -0.3 is 15.0 Å². The molecule has 25 heavy (non-hydrogen) atoms. The van der Waals surface area contributed by atoms with E-state index in [1.807, 2.05) is 4.90 Å². The molecule has 0 aromatic carbocycles. The van der Waals surface area contributed by atoms with Crippen LogP contribution >= 0.6 is 0 Å². The second kappa shape index (κ2) is 9.53. The van der Waals surface area contributed by atoms with Crippen molar-refractivity contribution in [1.82, 2.24) is 15.1 Å². The lowest BCUT2D eigenvalue weighted by Gasteiger charge is -2.34. The van der Waals surface area contributed by atoms with Gasteiger partial charge >= 0.3 is 0 Å². The molecule has 0 spiro atoms. The lowest BCUT2D eigenvalue weighted by molar-refractivity contribution is -0.135. The molecule has 2 amide bonds. The summed E-state index contributed by atoms with van der Waals surface area (Å²) in [5.41, 5.74) is 0. The Hall–Kier alpha value is -1.14. The summed E-state index contributed by atoms with van der Waals surface area (Å²) in [6, 6.07) is 0.260. The van der Waals surface area contributed by atoms with E-state index in [1.165, 1.54) is 12.8 Å². The molecule has 1 N–H and O–H groups in total. The average Bonchev–Trinajstić information content (AvgIpc) is 2.92. The highest BCUT2D eigenvalue weighted by atomic mass is 16.5. The molecule has 3 heterocycles. The Balaban J connectivity index is 1.45. The van der Waals surface area contributed by atoms with Gasteiger partial charge in [0, 0.05) is 38.9 Å². The van der Waals surface area contributed by atoms with Gasteiger partial charge in [-0.3, -0.25) is 14.5 Å². The van der Waals surface area contributed by atoms with Crippen LogP contribution in [0.25, 0.3) is 0 Å². The number of hydrogen-bond donors (Lipinski definition) is 1. The van der Waals surface area contributed by atoms with Gasteiger partial charge in [0.25, 0.3) is 0 Å². The van der Waals surface area contributed by atoms with Crippen molar-refractivity contribution in [3.05, 3.63) is 0 Å². The molecular formula is C19H33N3O3. The third-order valence-corrected chi connectivity index (χ3v) is 5.76. The number of hydrogen-bond acceptors (Lipinski definition) is 4. The van der Waals surface area contributed by atoms with Crippen LogP contribution in [-0.4, -0.2) is 73.6 Å². The van der Waals surface area contributed by atoms with E-state index < -0.39 is 0 Å². The summed E-state index contributed by atoms with van der Waals surface area (Å²) in [5.74, 6) is 0.430. The summed E-state index contributed by atoms with van der Waals surface area (Å²) in [6.07, 6.45) is 8.49. The summed E-state index contributed by atoms with van der Waals surface area (Å²) in [7, 11) is 0. The normalized spacial score (nSPS) is 26.9. The molecule has 0 saturated carbocycles. The van der Waals surface area contributed by atoms with Crippen molar-refractivity contribution >= 4 is 11.8 Å². The summed E-state index contributed by atoms with van der Waals surface area (Å²) in [4.78, 5) is 29.4. The maximum Gasteiger partial charge on any atom is 0.236 e. The molecule has 0 aliphatic carbocycles. The first-order valence-corrected chi connectivity index (χ1v) is 10.1. The molecule has 1 atom stereocenters. The zero-order valence-electron chi connectivity index (χ0n) is 15.4. The number of likely N-dealkylation sites (tertiary alicyclic amines) is 2. The zero-order valence-corrected chi connectivity index (χ0v) is 15.4. The number of piperidine rings is 1. The highest BCUT2D eigenvalue weighted by Gasteiger charge is 2.29. The minimum Gasteiger partial charge on any atom is -0.381 e. The van der Waals surface area contributed by atoms with Gasteiger partial charge in [-0.2, -0.15) is 0 Å². The fourth-order valence-electron chi connectivity index (χ4n) is 4.19. The van der Waals surface area contributed by atoms with Crippen LogP contribution in [0.3, 0.4) is 0 Å². The topological polar surface area (TPSA) is 61.9 Å². The van der Waals surface area contributed by atoms with Gasteiger partial charge in [0.15, 0.2) is 0 Å². The quantitative estimate of drug-likeness (QED) is 0.832. The fourth-order valence-corrected chi connectivity index (χ4v) is 4.19. The SMILES string of the molecule is O=C(NC1CCOCC1)C1CCCN(CC(=O)N2CCCCCC2)C1. The van der Waals surface area contributed by atoms with E-state index in [4.69, 9.17) is 4.74 Å². The van der Waals surface area contributed by atoms with E-state index >= 15 is 0 Å². The number of nitrogens with zero attached hydrogens (tertiary/aromatic N) is 2. The predicted molar refractivity (Wildman–Crippen MR) is 96.2 cm³/mol. The summed E-state index contributed by atoms with van der Waals surface area (Å²) < 4.78 is 5.35. The van der Waals surface area contributed by atoms with Gasteiger partial charge in [0.2, 0.25) is 11.8 Å². The number of carbonyl (C=O) groups is 2. The lowest BCUT2D eigenvalue weighted by Crippen LogP contribution is -2.49. The standard InChI is InChI=1S/C19H33N3O3/c23-18(22-10-3-1-2-4-11-22)15-21-9-5-6-16(14-21)19(24)20-17-7-12-25-13-8-17/h16-17H,1-15H2,(H,20,24). The van der Waals surface area contributed by atoms with Crippen molar-refractivity contribution in [2.75, 3.05) is 45.9 Å². The number of carbonyl (C=O) groups excluding carboxylic acids is 2. The Bertz CT molecular complexity index is 443. The van der Waals surface area contributed by atoms with E-state index in [0.29, 0.717) is 13.1 Å². The first-order valence-electron chi connectivity index (χ1n) is 10.1. The second-order valence-electron chi connectivity index (χ2n) is 7.76. The second-order valence-corrected chi connectivity index (χ2v) is 7.76. The van der Waals surface area contributed by atoms with Crippen molar-refractivity contribution in [2.24, 2.45) is 5.92 Å². The van der Waals surface area contributed by atoms with Crippen molar-refractivity contribution in [3.8, 4) is 0 Å². The molecule has 0 radical (unpaired) electrons. The maximum atomic E-state index is 12.6. The maximum absolute atomic E-state index is 12.6. The number of ether oxygens (including phenoxy) is 1. The Kier molecular flexibility index (Phi) is 7.11. The highest BCUT2D eigenvalue weighted by Crippen LogP contribution is 2.18. The molecular weight excluding hydrogens is 318 g/mol. The molecule has 3 aliphatic heterocycles. The number of amides is 2. The molecule has 3 rings (SSSR count). The first-order chi connectivity index (χ1) is 12.2. The van der Waals surface area contributed by atoms with Crippen molar-refractivity contribution in [2.45, 2.75) is 57.4 Å². The van der Waals surface area contributed by atoms with Gasteiger partial charge in [-0.25, -0.2) is 0 Å². The van der Waals surface area contributed by atoms with E-state index in [9.17, 15) is 9.59 Å². The minimum atomic E-state index is 0.0218. The molecule has 0 aromatic heterocycles. The predicted octanol–water partition coefficient (Wildman–Crippen LogP) is 1.40. The van der Waals surface area contributed by atoms with Crippen LogP contribution in [0.2, 0.25) is 0 Å². The average molecular weight is 351 g/mol.